The molecule has 2 heteroatoms. The van der Waals surface area contributed by atoms with Crippen molar-refractivity contribution in [3.05, 3.63) is 29.8 Å². The van der Waals surface area contributed by atoms with Crippen LogP contribution in [0.3, 0.4) is 0 Å². The summed E-state index contributed by atoms with van der Waals surface area (Å²) in [4.78, 5) is 1.40. The van der Waals surface area contributed by atoms with Crippen LogP contribution < -0.4 is 5.32 Å². The molecule has 1 aromatic carbocycles. The van der Waals surface area contributed by atoms with Gasteiger partial charge >= 0.3 is 0 Å². The maximum absolute atomic E-state index is 3.28. The zero-order valence-corrected chi connectivity index (χ0v) is 11.6. The van der Waals surface area contributed by atoms with Gasteiger partial charge in [0.1, 0.15) is 0 Å². The van der Waals surface area contributed by atoms with Crippen LogP contribution in [0.15, 0.2) is 29.2 Å². The Bertz CT molecular complexity index is 307. The Hall–Kier alpha value is -0.470. The normalized spacial score (nSPS) is 13.1. The summed E-state index contributed by atoms with van der Waals surface area (Å²) < 4.78 is 0. The van der Waals surface area contributed by atoms with Gasteiger partial charge in [-0.3, -0.25) is 0 Å². The van der Waals surface area contributed by atoms with Crippen molar-refractivity contribution < 1.29 is 0 Å². The minimum Gasteiger partial charge on any atom is -0.313 e. The predicted molar refractivity (Wildman–Crippen MR) is 74.1 cm³/mol. The molecule has 0 radical (unpaired) electrons. The van der Waals surface area contributed by atoms with E-state index in [1.54, 1.807) is 0 Å². The van der Waals surface area contributed by atoms with E-state index in [0.717, 1.165) is 5.25 Å². The zero-order chi connectivity index (χ0) is 12.0. The number of rotatable bonds is 6. The van der Waals surface area contributed by atoms with E-state index in [0.29, 0.717) is 6.04 Å². The van der Waals surface area contributed by atoms with Gasteiger partial charge in [-0.25, -0.2) is 0 Å². The lowest BCUT2D eigenvalue weighted by atomic mass is 10.1. The van der Waals surface area contributed by atoms with Gasteiger partial charge in [0.25, 0.3) is 0 Å². The third-order valence-corrected chi connectivity index (χ3v) is 4.53. The van der Waals surface area contributed by atoms with Crippen molar-refractivity contribution in [2.45, 2.75) is 49.8 Å². The lowest BCUT2D eigenvalue weighted by Gasteiger charge is -2.15. The second-order valence-electron chi connectivity index (χ2n) is 4.14. The van der Waals surface area contributed by atoms with Gasteiger partial charge in [0.05, 0.1) is 0 Å². The summed E-state index contributed by atoms with van der Waals surface area (Å²) in [7, 11) is 2.01. The highest BCUT2D eigenvalue weighted by molar-refractivity contribution is 8.00. The van der Waals surface area contributed by atoms with Crippen LogP contribution in [0.25, 0.3) is 0 Å². The second kappa shape index (κ2) is 6.97. The van der Waals surface area contributed by atoms with Crippen LogP contribution in [0.4, 0.5) is 0 Å². The molecule has 0 aliphatic rings. The molecule has 0 heterocycles. The molecule has 1 atom stereocenters. The van der Waals surface area contributed by atoms with Crippen LogP contribution >= 0.6 is 11.8 Å². The summed E-state index contributed by atoms with van der Waals surface area (Å²) in [5.74, 6) is 0. The van der Waals surface area contributed by atoms with Crippen LogP contribution in [0, 0.1) is 0 Å². The van der Waals surface area contributed by atoms with Crippen LogP contribution in [-0.2, 0) is 0 Å². The smallest absolute Gasteiger partial charge is 0.0289 e. The minimum atomic E-state index is 0.433. The maximum Gasteiger partial charge on any atom is 0.0289 e. The molecule has 1 unspecified atom stereocenters. The molecule has 0 fully saturated rings. The van der Waals surface area contributed by atoms with E-state index in [4.69, 9.17) is 0 Å². The first-order valence-corrected chi connectivity index (χ1v) is 7.03. The Labute approximate surface area is 104 Å². The van der Waals surface area contributed by atoms with Crippen molar-refractivity contribution in [3.63, 3.8) is 0 Å². The molecule has 0 bridgehead atoms. The van der Waals surface area contributed by atoms with Gasteiger partial charge in [-0.15, -0.1) is 11.8 Å². The van der Waals surface area contributed by atoms with Gasteiger partial charge in [-0.1, -0.05) is 26.0 Å². The fourth-order valence-electron chi connectivity index (χ4n) is 1.67. The van der Waals surface area contributed by atoms with Crippen LogP contribution in [-0.4, -0.2) is 12.3 Å². The molecule has 90 valence electrons. The summed E-state index contributed by atoms with van der Waals surface area (Å²) in [5.41, 5.74) is 1.37. The van der Waals surface area contributed by atoms with Crippen molar-refractivity contribution in [3.8, 4) is 0 Å². The van der Waals surface area contributed by atoms with Gasteiger partial charge in [-0.2, -0.15) is 0 Å². The standard InChI is InChI=1S/C14H23NS/c1-5-13(6-2)16-14-9-7-8-12(10-14)11(3)15-4/h7-11,13,15H,5-6H2,1-4H3. The summed E-state index contributed by atoms with van der Waals surface area (Å²) >= 11 is 2.00. The highest BCUT2D eigenvalue weighted by atomic mass is 32.2. The third-order valence-electron chi connectivity index (χ3n) is 3.00. The van der Waals surface area contributed by atoms with E-state index in [1.165, 1.54) is 23.3 Å². The molecule has 1 aromatic rings. The summed E-state index contributed by atoms with van der Waals surface area (Å²) in [6, 6.07) is 9.31. The lowest BCUT2D eigenvalue weighted by molar-refractivity contribution is 0.651. The molecule has 1 nitrogen and oxygen atoms in total. The van der Waals surface area contributed by atoms with Crippen molar-refractivity contribution in [1.82, 2.24) is 5.32 Å². The minimum absolute atomic E-state index is 0.433. The fraction of sp³-hybridized carbons (Fsp3) is 0.571. The van der Waals surface area contributed by atoms with Crippen LogP contribution in [0.5, 0.6) is 0 Å². The number of hydrogen-bond donors (Lipinski definition) is 1. The molecule has 1 rings (SSSR count). The molecule has 0 spiro atoms. The number of thioether (sulfide) groups is 1. The third kappa shape index (κ3) is 3.84. The van der Waals surface area contributed by atoms with E-state index in [2.05, 4.69) is 50.4 Å². The van der Waals surface area contributed by atoms with Gasteiger partial charge in [-0.05, 0) is 44.5 Å². The Morgan fingerprint density at radius 2 is 1.94 bits per heavy atom. The highest BCUT2D eigenvalue weighted by Gasteiger charge is 2.07. The predicted octanol–water partition coefficient (Wildman–Crippen LogP) is 4.25. The van der Waals surface area contributed by atoms with Crippen molar-refractivity contribution in [2.24, 2.45) is 0 Å². The molecular weight excluding hydrogens is 214 g/mol. The first-order chi connectivity index (χ1) is 7.71. The molecule has 0 saturated heterocycles. The summed E-state index contributed by atoms with van der Waals surface area (Å²) in [6.07, 6.45) is 2.49. The topological polar surface area (TPSA) is 12.0 Å². The molecule has 0 aliphatic carbocycles. The molecule has 0 saturated carbocycles. The average Bonchev–Trinajstić information content (AvgIpc) is 2.35. The van der Waals surface area contributed by atoms with Gasteiger partial charge in [0.15, 0.2) is 0 Å². The number of benzene rings is 1. The Kier molecular flexibility index (Phi) is 5.93. The van der Waals surface area contributed by atoms with Crippen molar-refractivity contribution in [2.75, 3.05) is 7.05 Å². The average molecular weight is 237 g/mol. The van der Waals surface area contributed by atoms with E-state index in [1.807, 2.05) is 18.8 Å². The van der Waals surface area contributed by atoms with E-state index in [9.17, 15) is 0 Å². The van der Waals surface area contributed by atoms with E-state index >= 15 is 0 Å². The monoisotopic (exact) mass is 237 g/mol. The Morgan fingerprint density at radius 3 is 2.50 bits per heavy atom. The molecule has 1 N–H and O–H groups in total. The quantitative estimate of drug-likeness (QED) is 0.742. The first kappa shape index (κ1) is 13.6. The number of nitrogens with one attached hydrogen (secondary N) is 1. The molecule has 0 aliphatic heterocycles. The maximum atomic E-state index is 3.28. The van der Waals surface area contributed by atoms with Crippen molar-refractivity contribution >= 4 is 11.8 Å². The van der Waals surface area contributed by atoms with Gasteiger partial charge in [0.2, 0.25) is 0 Å². The molecule has 16 heavy (non-hydrogen) atoms. The molecular formula is C14H23NS. The fourth-order valence-corrected chi connectivity index (χ4v) is 2.75. The van der Waals surface area contributed by atoms with E-state index in [-0.39, 0.29) is 0 Å². The summed E-state index contributed by atoms with van der Waals surface area (Å²) in [6.45, 7) is 6.73. The molecule has 0 aromatic heterocycles. The Balaban J connectivity index is 2.74. The number of hydrogen-bond acceptors (Lipinski definition) is 2. The lowest BCUT2D eigenvalue weighted by Crippen LogP contribution is -2.12. The van der Waals surface area contributed by atoms with Gasteiger partial charge < -0.3 is 5.32 Å². The van der Waals surface area contributed by atoms with Gasteiger partial charge in [0, 0.05) is 16.2 Å². The Morgan fingerprint density at radius 1 is 1.25 bits per heavy atom. The SMILES string of the molecule is CCC(CC)Sc1cccc(C(C)NC)c1. The summed E-state index contributed by atoms with van der Waals surface area (Å²) in [5, 5.41) is 4.03. The second-order valence-corrected chi connectivity index (χ2v) is 5.51. The van der Waals surface area contributed by atoms with Crippen LogP contribution in [0.2, 0.25) is 0 Å². The van der Waals surface area contributed by atoms with Crippen molar-refractivity contribution in [1.29, 1.82) is 0 Å². The highest BCUT2D eigenvalue weighted by Crippen LogP contribution is 2.29. The largest absolute Gasteiger partial charge is 0.313 e. The molecule has 0 amide bonds. The first-order valence-electron chi connectivity index (χ1n) is 6.15. The van der Waals surface area contributed by atoms with Crippen LogP contribution in [0.1, 0.15) is 45.2 Å². The zero-order valence-electron chi connectivity index (χ0n) is 10.8. The van der Waals surface area contributed by atoms with E-state index < -0.39 is 0 Å².